The standard InChI is InChI=1S/C14H12ClNO/c1-9-2-7-12(16)8-13(9)14(17)10-3-5-11(15)6-4-10/h2-8H,16H2,1H3. The van der Waals surface area contributed by atoms with Crippen molar-refractivity contribution in [2.45, 2.75) is 6.92 Å². The quantitative estimate of drug-likeness (QED) is 0.650. The lowest BCUT2D eigenvalue weighted by atomic mass is 9.99. The molecule has 0 aliphatic carbocycles. The van der Waals surface area contributed by atoms with E-state index in [1.54, 1.807) is 36.4 Å². The van der Waals surface area contributed by atoms with Crippen LogP contribution < -0.4 is 5.73 Å². The van der Waals surface area contributed by atoms with Gasteiger partial charge in [-0.05, 0) is 48.9 Å². The molecule has 2 aromatic carbocycles. The number of rotatable bonds is 2. The first kappa shape index (κ1) is 11.7. The van der Waals surface area contributed by atoms with Crippen LogP contribution in [0.4, 0.5) is 5.69 Å². The van der Waals surface area contributed by atoms with E-state index in [0.29, 0.717) is 21.8 Å². The highest BCUT2D eigenvalue weighted by Gasteiger charge is 2.11. The summed E-state index contributed by atoms with van der Waals surface area (Å²) in [5, 5.41) is 0.617. The zero-order valence-corrected chi connectivity index (χ0v) is 10.2. The molecule has 0 fully saturated rings. The molecule has 0 unspecified atom stereocenters. The number of carbonyl (C=O) groups is 1. The molecule has 0 spiro atoms. The van der Waals surface area contributed by atoms with Gasteiger partial charge >= 0.3 is 0 Å². The van der Waals surface area contributed by atoms with Crippen LogP contribution >= 0.6 is 11.6 Å². The molecule has 2 N–H and O–H groups in total. The van der Waals surface area contributed by atoms with Crippen LogP contribution in [0.5, 0.6) is 0 Å². The number of ketones is 1. The van der Waals surface area contributed by atoms with Gasteiger partial charge in [-0.2, -0.15) is 0 Å². The first-order chi connectivity index (χ1) is 8.08. The van der Waals surface area contributed by atoms with Crippen molar-refractivity contribution in [3.8, 4) is 0 Å². The van der Waals surface area contributed by atoms with Crippen LogP contribution in [0.15, 0.2) is 42.5 Å². The summed E-state index contributed by atoms with van der Waals surface area (Å²) in [5.41, 5.74) is 8.45. The molecule has 0 amide bonds. The van der Waals surface area contributed by atoms with Crippen molar-refractivity contribution in [1.82, 2.24) is 0 Å². The topological polar surface area (TPSA) is 43.1 Å². The molecule has 0 saturated heterocycles. The lowest BCUT2D eigenvalue weighted by Crippen LogP contribution is -2.04. The minimum atomic E-state index is -0.0357. The molecule has 0 atom stereocenters. The lowest BCUT2D eigenvalue weighted by molar-refractivity contribution is 0.103. The normalized spacial score (nSPS) is 10.2. The molecule has 0 saturated carbocycles. The van der Waals surface area contributed by atoms with Crippen LogP contribution in [0.1, 0.15) is 21.5 Å². The minimum absolute atomic E-state index is 0.0357. The Labute approximate surface area is 105 Å². The maximum atomic E-state index is 12.2. The average Bonchev–Trinajstić information content (AvgIpc) is 2.32. The molecule has 17 heavy (non-hydrogen) atoms. The van der Waals surface area contributed by atoms with Gasteiger partial charge in [0.1, 0.15) is 0 Å². The van der Waals surface area contributed by atoms with Crippen LogP contribution in [0.2, 0.25) is 5.02 Å². The van der Waals surface area contributed by atoms with Crippen molar-refractivity contribution >= 4 is 23.1 Å². The smallest absolute Gasteiger partial charge is 0.193 e. The number of benzene rings is 2. The highest BCUT2D eigenvalue weighted by Crippen LogP contribution is 2.18. The highest BCUT2D eigenvalue weighted by molar-refractivity contribution is 6.30. The van der Waals surface area contributed by atoms with Crippen molar-refractivity contribution in [3.63, 3.8) is 0 Å². The monoisotopic (exact) mass is 245 g/mol. The van der Waals surface area contributed by atoms with Crippen molar-refractivity contribution in [3.05, 3.63) is 64.2 Å². The number of halogens is 1. The number of carbonyl (C=O) groups excluding carboxylic acids is 1. The zero-order valence-electron chi connectivity index (χ0n) is 9.41. The Kier molecular flexibility index (Phi) is 3.16. The molecule has 0 bridgehead atoms. The van der Waals surface area contributed by atoms with E-state index in [1.165, 1.54) is 0 Å². The molecule has 0 radical (unpaired) electrons. The maximum Gasteiger partial charge on any atom is 0.193 e. The number of hydrogen-bond acceptors (Lipinski definition) is 2. The van der Waals surface area contributed by atoms with E-state index < -0.39 is 0 Å². The summed E-state index contributed by atoms with van der Waals surface area (Å²) in [6.45, 7) is 1.89. The van der Waals surface area contributed by atoms with Crippen LogP contribution in [0.25, 0.3) is 0 Å². The minimum Gasteiger partial charge on any atom is -0.399 e. The maximum absolute atomic E-state index is 12.2. The average molecular weight is 246 g/mol. The Bertz CT molecular complexity index is 561. The van der Waals surface area contributed by atoms with Gasteiger partial charge in [-0.1, -0.05) is 17.7 Å². The number of hydrogen-bond donors (Lipinski definition) is 1. The second-order valence-corrected chi connectivity index (χ2v) is 4.35. The second kappa shape index (κ2) is 4.60. The van der Waals surface area contributed by atoms with Crippen molar-refractivity contribution in [1.29, 1.82) is 0 Å². The van der Waals surface area contributed by atoms with Gasteiger partial charge < -0.3 is 5.73 Å². The molecular weight excluding hydrogens is 234 g/mol. The summed E-state index contributed by atoms with van der Waals surface area (Å²) in [4.78, 5) is 12.2. The third kappa shape index (κ3) is 2.48. The molecule has 0 aliphatic rings. The molecule has 0 aromatic heterocycles. The summed E-state index contributed by atoms with van der Waals surface area (Å²) in [6.07, 6.45) is 0. The zero-order chi connectivity index (χ0) is 12.4. The molecule has 86 valence electrons. The highest BCUT2D eigenvalue weighted by atomic mass is 35.5. The van der Waals surface area contributed by atoms with Gasteiger partial charge in [0, 0.05) is 21.8 Å². The van der Waals surface area contributed by atoms with E-state index in [2.05, 4.69) is 0 Å². The predicted octanol–water partition coefficient (Wildman–Crippen LogP) is 3.46. The van der Waals surface area contributed by atoms with Gasteiger partial charge in [0.25, 0.3) is 0 Å². The van der Waals surface area contributed by atoms with Gasteiger partial charge in [0.2, 0.25) is 0 Å². The molecule has 0 aliphatic heterocycles. The second-order valence-electron chi connectivity index (χ2n) is 3.91. The Morgan fingerprint density at radius 1 is 1.12 bits per heavy atom. The Hall–Kier alpha value is -1.80. The lowest BCUT2D eigenvalue weighted by Gasteiger charge is -2.06. The molecule has 2 aromatic rings. The fourth-order valence-corrected chi connectivity index (χ4v) is 1.77. The van der Waals surface area contributed by atoms with E-state index in [4.69, 9.17) is 17.3 Å². The summed E-state index contributed by atoms with van der Waals surface area (Å²) in [5.74, 6) is -0.0357. The number of nitrogens with two attached hydrogens (primary N) is 1. The first-order valence-electron chi connectivity index (χ1n) is 5.24. The molecule has 2 nitrogen and oxygen atoms in total. The van der Waals surface area contributed by atoms with E-state index in [0.717, 1.165) is 5.56 Å². The van der Waals surface area contributed by atoms with Gasteiger partial charge in [0.15, 0.2) is 5.78 Å². The van der Waals surface area contributed by atoms with Gasteiger partial charge in [-0.3, -0.25) is 4.79 Å². The SMILES string of the molecule is Cc1ccc(N)cc1C(=O)c1ccc(Cl)cc1. The van der Waals surface area contributed by atoms with Crippen molar-refractivity contribution < 1.29 is 4.79 Å². The Morgan fingerprint density at radius 3 is 2.41 bits per heavy atom. The van der Waals surface area contributed by atoms with E-state index in [9.17, 15) is 4.79 Å². The number of nitrogen functional groups attached to an aromatic ring is 1. The largest absolute Gasteiger partial charge is 0.399 e. The van der Waals surface area contributed by atoms with E-state index in [-0.39, 0.29) is 5.78 Å². The number of aryl methyl sites for hydroxylation is 1. The predicted molar refractivity (Wildman–Crippen MR) is 70.5 cm³/mol. The summed E-state index contributed by atoms with van der Waals surface area (Å²) < 4.78 is 0. The van der Waals surface area contributed by atoms with Gasteiger partial charge in [-0.15, -0.1) is 0 Å². The Balaban J connectivity index is 2.43. The summed E-state index contributed by atoms with van der Waals surface area (Å²) >= 11 is 5.79. The molecular formula is C14H12ClNO. The molecule has 0 heterocycles. The summed E-state index contributed by atoms with van der Waals surface area (Å²) in [7, 11) is 0. The molecule has 3 heteroatoms. The van der Waals surface area contributed by atoms with Gasteiger partial charge in [-0.25, -0.2) is 0 Å². The van der Waals surface area contributed by atoms with E-state index in [1.807, 2.05) is 13.0 Å². The van der Waals surface area contributed by atoms with Crippen LogP contribution in [0.3, 0.4) is 0 Å². The number of anilines is 1. The third-order valence-corrected chi connectivity index (χ3v) is 2.86. The van der Waals surface area contributed by atoms with Gasteiger partial charge in [0.05, 0.1) is 0 Å². The first-order valence-corrected chi connectivity index (χ1v) is 5.62. The van der Waals surface area contributed by atoms with Crippen LogP contribution in [0, 0.1) is 6.92 Å². The van der Waals surface area contributed by atoms with Crippen molar-refractivity contribution in [2.24, 2.45) is 0 Å². The van der Waals surface area contributed by atoms with Crippen LogP contribution in [-0.2, 0) is 0 Å². The Morgan fingerprint density at radius 2 is 1.76 bits per heavy atom. The van der Waals surface area contributed by atoms with Crippen molar-refractivity contribution in [2.75, 3.05) is 5.73 Å². The van der Waals surface area contributed by atoms with E-state index >= 15 is 0 Å². The molecule has 2 rings (SSSR count). The fraction of sp³-hybridized carbons (Fsp3) is 0.0714. The van der Waals surface area contributed by atoms with Crippen LogP contribution in [-0.4, -0.2) is 5.78 Å². The third-order valence-electron chi connectivity index (χ3n) is 2.61. The fourth-order valence-electron chi connectivity index (χ4n) is 1.64. The summed E-state index contributed by atoms with van der Waals surface area (Å²) in [6, 6.07) is 12.2.